The van der Waals surface area contributed by atoms with E-state index in [1.54, 1.807) is 37.4 Å². The summed E-state index contributed by atoms with van der Waals surface area (Å²) >= 11 is 0. The third-order valence-electron chi connectivity index (χ3n) is 3.40. The van der Waals surface area contributed by atoms with Crippen LogP contribution in [0.3, 0.4) is 0 Å². The molecule has 1 aliphatic rings. The van der Waals surface area contributed by atoms with Crippen LogP contribution in [0.25, 0.3) is 0 Å². The number of carbonyl (C=O) groups excluding carboxylic acids is 1. The van der Waals surface area contributed by atoms with E-state index in [1.807, 2.05) is 4.90 Å². The van der Waals surface area contributed by atoms with Crippen LogP contribution in [0.2, 0.25) is 0 Å². The van der Waals surface area contributed by atoms with Gasteiger partial charge in [-0.2, -0.15) is 0 Å². The number of nitrogens with zero attached hydrogens (tertiary/aromatic N) is 2. The molecular formula is C15H17N3O4. The monoisotopic (exact) mass is 303 g/mol. The molecule has 1 N–H and O–H groups in total. The van der Waals surface area contributed by atoms with Crippen molar-refractivity contribution in [3.63, 3.8) is 0 Å². The van der Waals surface area contributed by atoms with Crippen molar-refractivity contribution in [2.45, 2.75) is 0 Å². The first-order chi connectivity index (χ1) is 10.8. The van der Waals surface area contributed by atoms with Crippen LogP contribution in [0, 0.1) is 0 Å². The minimum Gasteiger partial charge on any atom is -0.497 e. The van der Waals surface area contributed by atoms with Crippen molar-refractivity contribution in [1.29, 1.82) is 0 Å². The first-order valence-corrected chi connectivity index (χ1v) is 7.01. The minimum atomic E-state index is -0.312. The molecule has 116 valence electrons. The van der Waals surface area contributed by atoms with E-state index in [0.717, 1.165) is 18.8 Å². The standard InChI is InChI=1S/C15H17N3O4/c1-20-12-4-2-11(3-5-12)16-15(19)13-10-14(22-17-13)18-6-8-21-9-7-18/h2-5,10H,6-9H2,1H3,(H,16,19). The second kappa shape index (κ2) is 6.48. The fourth-order valence-corrected chi connectivity index (χ4v) is 2.17. The molecule has 0 unspecified atom stereocenters. The highest BCUT2D eigenvalue weighted by Crippen LogP contribution is 2.19. The molecule has 0 saturated carbocycles. The number of nitrogens with one attached hydrogen (secondary N) is 1. The first-order valence-electron chi connectivity index (χ1n) is 7.01. The Bertz CT molecular complexity index is 632. The van der Waals surface area contributed by atoms with Crippen molar-refractivity contribution in [2.24, 2.45) is 0 Å². The molecule has 1 fully saturated rings. The molecule has 7 nitrogen and oxygen atoms in total. The zero-order valence-corrected chi connectivity index (χ0v) is 12.2. The molecular weight excluding hydrogens is 286 g/mol. The van der Waals surface area contributed by atoms with Crippen molar-refractivity contribution < 1.29 is 18.8 Å². The Hall–Kier alpha value is -2.54. The zero-order valence-electron chi connectivity index (χ0n) is 12.2. The molecule has 0 aliphatic carbocycles. The maximum absolute atomic E-state index is 12.2. The van der Waals surface area contributed by atoms with E-state index in [0.29, 0.717) is 24.8 Å². The smallest absolute Gasteiger partial charge is 0.277 e. The van der Waals surface area contributed by atoms with Crippen LogP contribution in [0.15, 0.2) is 34.9 Å². The summed E-state index contributed by atoms with van der Waals surface area (Å²) in [7, 11) is 1.59. The van der Waals surface area contributed by atoms with Gasteiger partial charge in [-0.05, 0) is 24.3 Å². The molecule has 1 aromatic carbocycles. The Morgan fingerprint density at radius 1 is 1.27 bits per heavy atom. The number of hydrogen-bond donors (Lipinski definition) is 1. The number of amides is 1. The summed E-state index contributed by atoms with van der Waals surface area (Å²) in [5.74, 6) is 1.01. The minimum absolute atomic E-state index is 0.248. The molecule has 1 amide bonds. The Balaban J connectivity index is 1.65. The number of anilines is 2. The van der Waals surface area contributed by atoms with Crippen LogP contribution in [0.1, 0.15) is 10.5 Å². The Morgan fingerprint density at radius 3 is 2.68 bits per heavy atom. The predicted octanol–water partition coefficient (Wildman–Crippen LogP) is 1.77. The zero-order chi connectivity index (χ0) is 15.4. The average Bonchev–Trinajstić information content (AvgIpc) is 3.06. The highest BCUT2D eigenvalue weighted by molar-refractivity contribution is 6.03. The third kappa shape index (κ3) is 3.20. The van der Waals surface area contributed by atoms with E-state index in [1.165, 1.54) is 0 Å². The Kier molecular flexibility index (Phi) is 4.24. The molecule has 1 aromatic heterocycles. The highest BCUT2D eigenvalue weighted by atomic mass is 16.5. The van der Waals surface area contributed by atoms with Crippen LogP contribution >= 0.6 is 0 Å². The molecule has 0 radical (unpaired) electrons. The summed E-state index contributed by atoms with van der Waals surface area (Å²) in [5.41, 5.74) is 0.916. The quantitative estimate of drug-likeness (QED) is 0.927. The summed E-state index contributed by atoms with van der Waals surface area (Å²) in [6.07, 6.45) is 0. The number of benzene rings is 1. The van der Waals surface area contributed by atoms with Gasteiger partial charge in [0.05, 0.1) is 20.3 Å². The number of methoxy groups -OCH3 is 1. The van der Waals surface area contributed by atoms with Crippen molar-refractivity contribution in [1.82, 2.24) is 5.16 Å². The van der Waals surface area contributed by atoms with Gasteiger partial charge in [0.25, 0.3) is 5.91 Å². The topological polar surface area (TPSA) is 76.8 Å². The fourth-order valence-electron chi connectivity index (χ4n) is 2.17. The van der Waals surface area contributed by atoms with Crippen LogP contribution in [0.5, 0.6) is 5.75 Å². The van der Waals surface area contributed by atoms with Gasteiger partial charge in [0, 0.05) is 24.8 Å². The Labute approximate surface area is 127 Å². The first kappa shape index (κ1) is 14.4. The summed E-state index contributed by atoms with van der Waals surface area (Å²) in [6, 6.07) is 8.72. The van der Waals surface area contributed by atoms with Gasteiger partial charge >= 0.3 is 0 Å². The predicted molar refractivity (Wildman–Crippen MR) is 80.5 cm³/mol. The van der Waals surface area contributed by atoms with E-state index in [2.05, 4.69) is 10.5 Å². The van der Waals surface area contributed by atoms with E-state index in [4.69, 9.17) is 14.0 Å². The number of aromatic nitrogens is 1. The van der Waals surface area contributed by atoms with Crippen molar-refractivity contribution in [3.05, 3.63) is 36.0 Å². The molecule has 1 saturated heterocycles. The van der Waals surface area contributed by atoms with Crippen molar-refractivity contribution >= 4 is 17.5 Å². The molecule has 2 heterocycles. The normalized spacial score (nSPS) is 14.7. The lowest BCUT2D eigenvalue weighted by molar-refractivity contribution is 0.101. The summed E-state index contributed by atoms with van der Waals surface area (Å²) in [6.45, 7) is 2.76. The second-order valence-electron chi connectivity index (χ2n) is 4.83. The number of rotatable bonds is 4. The fraction of sp³-hybridized carbons (Fsp3) is 0.333. The molecule has 22 heavy (non-hydrogen) atoms. The van der Waals surface area contributed by atoms with Gasteiger partial charge in [-0.25, -0.2) is 0 Å². The van der Waals surface area contributed by atoms with E-state index < -0.39 is 0 Å². The van der Waals surface area contributed by atoms with Gasteiger partial charge < -0.3 is 24.2 Å². The second-order valence-corrected chi connectivity index (χ2v) is 4.83. The van der Waals surface area contributed by atoms with E-state index in [-0.39, 0.29) is 11.6 Å². The highest BCUT2D eigenvalue weighted by Gasteiger charge is 2.19. The summed E-state index contributed by atoms with van der Waals surface area (Å²) in [5, 5.41) is 6.59. The Morgan fingerprint density at radius 2 is 2.00 bits per heavy atom. The average molecular weight is 303 g/mol. The maximum atomic E-state index is 12.2. The van der Waals surface area contributed by atoms with Crippen molar-refractivity contribution in [3.8, 4) is 5.75 Å². The number of hydrogen-bond acceptors (Lipinski definition) is 6. The van der Waals surface area contributed by atoms with Gasteiger partial charge in [-0.15, -0.1) is 0 Å². The van der Waals surface area contributed by atoms with Gasteiger partial charge in [-0.1, -0.05) is 5.16 Å². The molecule has 2 aromatic rings. The van der Waals surface area contributed by atoms with Crippen LogP contribution < -0.4 is 15.0 Å². The number of ether oxygens (including phenoxy) is 2. The molecule has 7 heteroatoms. The lowest BCUT2D eigenvalue weighted by Crippen LogP contribution is -2.35. The lowest BCUT2D eigenvalue weighted by atomic mass is 10.3. The van der Waals surface area contributed by atoms with Crippen molar-refractivity contribution in [2.75, 3.05) is 43.6 Å². The van der Waals surface area contributed by atoms with Gasteiger partial charge in [0.1, 0.15) is 5.75 Å². The molecule has 0 atom stereocenters. The van der Waals surface area contributed by atoms with Gasteiger partial charge in [-0.3, -0.25) is 4.79 Å². The van der Waals surface area contributed by atoms with E-state index >= 15 is 0 Å². The third-order valence-corrected chi connectivity index (χ3v) is 3.40. The number of carbonyl (C=O) groups is 1. The maximum Gasteiger partial charge on any atom is 0.277 e. The molecule has 0 bridgehead atoms. The van der Waals surface area contributed by atoms with Gasteiger partial charge in [0.15, 0.2) is 5.69 Å². The van der Waals surface area contributed by atoms with Crippen LogP contribution in [-0.2, 0) is 4.74 Å². The van der Waals surface area contributed by atoms with Crippen LogP contribution in [-0.4, -0.2) is 44.5 Å². The number of morpholine rings is 1. The summed E-state index contributed by atoms with van der Waals surface area (Å²) < 4.78 is 15.6. The van der Waals surface area contributed by atoms with Crippen LogP contribution in [0.4, 0.5) is 11.6 Å². The SMILES string of the molecule is COc1ccc(NC(=O)c2cc(N3CCOCC3)on2)cc1. The molecule has 0 spiro atoms. The van der Waals surface area contributed by atoms with Gasteiger partial charge in [0.2, 0.25) is 5.88 Å². The largest absolute Gasteiger partial charge is 0.497 e. The summed E-state index contributed by atoms with van der Waals surface area (Å²) in [4.78, 5) is 14.2. The lowest BCUT2D eigenvalue weighted by Gasteiger charge is -2.25. The molecule has 3 rings (SSSR count). The van der Waals surface area contributed by atoms with E-state index in [9.17, 15) is 4.79 Å². The molecule has 1 aliphatic heterocycles.